The molecule has 0 spiro atoms. The van der Waals surface area contributed by atoms with Crippen molar-refractivity contribution in [1.82, 2.24) is 14.9 Å². The number of nitrogens with one attached hydrogen (secondary N) is 1. The van der Waals surface area contributed by atoms with Crippen molar-refractivity contribution in [2.45, 2.75) is 46.2 Å². The highest BCUT2D eigenvalue weighted by Gasteiger charge is 2.36. The van der Waals surface area contributed by atoms with Crippen LogP contribution in [0.3, 0.4) is 0 Å². The van der Waals surface area contributed by atoms with Gasteiger partial charge in [-0.25, -0.2) is 8.78 Å². The molecule has 8 nitrogen and oxygen atoms in total. The minimum atomic E-state index is -4.63. The van der Waals surface area contributed by atoms with Crippen LogP contribution in [0.1, 0.15) is 52.5 Å². The number of nitrogens with zero attached hydrogens (tertiary/aromatic N) is 3. The van der Waals surface area contributed by atoms with Gasteiger partial charge < -0.3 is 19.9 Å². The zero-order valence-electron chi connectivity index (χ0n) is 25.7. The van der Waals surface area contributed by atoms with Crippen molar-refractivity contribution >= 4 is 28.5 Å². The number of anilines is 1. The van der Waals surface area contributed by atoms with Gasteiger partial charge in [0.1, 0.15) is 23.7 Å². The molecule has 0 saturated heterocycles. The van der Waals surface area contributed by atoms with E-state index in [1.807, 2.05) is 24.1 Å². The molecule has 5 rings (SSSR count). The summed E-state index contributed by atoms with van der Waals surface area (Å²) in [7, 11) is 1.46. The van der Waals surface area contributed by atoms with E-state index < -0.39 is 52.9 Å². The van der Waals surface area contributed by atoms with E-state index in [2.05, 4.69) is 4.98 Å². The summed E-state index contributed by atoms with van der Waals surface area (Å²) in [5.41, 5.74) is -0.151. The molecule has 3 heterocycles. The first kappa shape index (κ1) is 34.1. The van der Waals surface area contributed by atoms with Gasteiger partial charge in [-0.15, -0.1) is 0 Å². The van der Waals surface area contributed by atoms with Gasteiger partial charge >= 0.3 is 12.1 Å². The van der Waals surface area contributed by atoms with Crippen LogP contribution < -0.4 is 15.8 Å². The average molecular weight is 645 g/mol. The average Bonchev–Trinajstić information content (AvgIpc) is 3.00. The van der Waals surface area contributed by atoms with Crippen LogP contribution in [0.5, 0.6) is 0 Å². The van der Waals surface area contributed by atoms with Crippen LogP contribution in [0.15, 0.2) is 47.4 Å². The molecule has 0 atom stereocenters. The largest absolute Gasteiger partial charge is 0.480 e. The molecule has 2 aromatic heterocycles. The van der Waals surface area contributed by atoms with Gasteiger partial charge in [0.05, 0.1) is 16.6 Å². The number of benzene rings is 2. The number of aryl methyl sites for hydroxylation is 2. The molecule has 1 aliphatic rings. The molecule has 0 saturated carbocycles. The molecular formula is C33H33F5N4O4. The highest BCUT2D eigenvalue weighted by atomic mass is 19.4. The molecule has 13 heteroatoms. The maximum Gasteiger partial charge on any atom is 0.417 e. The number of pyridine rings is 2. The third-order valence-corrected chi connectivity index (χ3v) is 7.84. The van der Waals surface area contributed by atoms with Gasteiger partial charge in [-0.1, -0.05) is 25.1 Å². The van der Waals surface area contributed by atoms with E-state index in [1.165, 1.54) is 36.9 Å². The number of carbonyl (C=O) groups is 2. The summed E-state index contributed by atoms with van der Waals surface area (Å²) in [6, 6.07) is 8.92. The second-order valence-electron chi connectivity index (χ2n) is 11.0. The highest BCUT2D eigenvalue weighted by molar-refractivity contribution is 5.97. The number of amides is 1. The Morgan fingerprint density at radius 3 is 2.48 bits per heavy atom. The molecule has 1 aliphatic heterocycles. The highest BCUT2D eigenvalue weighted by Crippen LogP contribution is 2.38. The minimum absolute atomic E-state index is 0.198. The van der Waals surface area contributed by atoms with Crippen molar-refractivity contribution in [3.63, 3.8) is 0 Å². The van der Waals surface area contributed by atoms with E-state index in [9.17, 15) is 36.3 Å². The quantitative estimate of drug-likeness (QED) is 0.243. The number of fused-ring (bicyclic) bond motifs is 2. The van der Waals surface area contributed by atoms with Gasteiger partial charge in [0, 0.05) is 54.2 Å². The van der Waals surface area contributed by atoms with E-state index in [0.29, 0.717) is 29.7 Å². The van der Waals surface area contributed by atoms with Crippen molar-refractivity contribution in [2.24, 2.45) is 7.05 Å². The van der Waals surface area contributed by atoms with Gasteiger partial charge in [-0.05, 0) is 56.9 Å². The molecule has 1 amide bonds. The van der Waals surface area contributed by atoms with Crippen molar-refractivity contribution in [2.75, 3.05) is 24.5 Å². The topological polar surface area (TPSA) is 105 Å². The standard InChI is InChI=1S/C18H15F3N2O.C15H18F2N2O3/c1-10-6-7-13(16-12(10)5-4-8-22-16)15-14(18(19,20)21)9-11(2)23(3)17(15)24;1-2-5-19-6-3-4-9-11(19)7-10(16)13(14(9)17)15(22)18-8-12(20)21/h4-9H,1-3H3;7H,2-6,8H2,1H3,(H,18,22)(H,20,21). The number of hydrogen-bond donors (Lipinski definition) is 2. The Hall–Kier alpha value is -4.81. The second-order valence-corrected chi connectivity index (χ2v) is 11.0. The van der Waals surface area contributed by atoms with Crippen LogP contribution in [0.4, 0.5) is 27.6 Å². The van der Waals surface area contributed by atoms with Gasteiger partial charge in [0.15, 0.2) is 0 Å². The zero-order valence-corrected chi connectivity index (χ0v) is 25.7. The predicted octanol–water partition coefficient (Wildman–Crippen LogP) is 6.18. The Morgan fingerprint density at radius 1 is 1.11 bits per heavy atom. The first-order valence-electron chi connectivity index (χ1n) is 14.6. The zero-order chi connectivity index (χ0) is 33.9. The Labute approximate surface area is 261 Å². The van der Waals surface area contributed by atoms with Crippen LogP contribution in [-0.2, 0) is 24.4 Å². The molecule has 2 N–H and O–H groups in total. The Balaban J connectivity index is 0.000000210. The van der Waals surface area contributed by atoms with Crippen molar-refractivity contribution < 1.29 is 36.6 Å². The normalized spacial score (nSPS) is 12.8. The van der Waals surface area contributed by atoms with E-state index in [4.69, 9.17) is 5.11 Å². The van der Waals surface area contributed by atoms with E-state index in [1.54, 1.807) is 18.2 Å². The fourth-order valence-corrected chi connectivity index (χ4v) is 5.51. The summed E-state index contributed by atoms with van der Waals surface area (Å²) in [4.78, 5) is 41.0. The molecule has 0 fully saturated rings. The van der Waals surface area contributed by atoms with Gasteiger partial charge in [-0.3, -0.25) is 19.4 Å². The monoisotopic (exact) mass is 644 g/mol. The van der Waals surface area contributed by atoms with Gasteiger partial charge in [0.25, 0.3) is 11.5 Å². The Morgan fingerprint density at radius 2 is 1.83 bits per heavy atom. The van der Waals surface area contributed by atoms with Crippen molar-refractivity contribution in [3.8, 4) is 11.1 Å². The molecule has 0 bridgehead atoms. The summed E-state index contributed by atoms with van der Waals surface area (Å²) in [6.07, 6.45) is -1.10. The lowest BCUT2D eigenvalue weighted by molar-refractivity contribution is -0.137. The molecule has 0 radical (unpaired) electrons. The number of alkyl halides is 3. The molecule has 0 unspecified atom stereocenters. The lowest BCUT2D eigenvalue weighted by Gasteiger charge is -2.31. The molecular weight excluding hydrogens is 611 g/mol. The lowest BCUT2D eigenvalue weighted by Crippen LogP contribution is -2.34. The van der Waals surface area contributed by atoms with Crippen molar-refractivity contribution in [1.29, 1.82) is 0 Å². The van der Waals surface area contributed by atoms with Crippen LogP contribution in [0, 0.1) is 25.5 Å². The number of carboxylic acid groups (broad SMARTS) is 1. The molecule has 0 aliphatic carbocycles. The molecule has 46 heavy (non-hydrogen) atoms. The SMILES string of the molecule is CCCN1CCCc2c1cc(F)c(C(=O)NCC(=O)O)c2F.Cc1ccc(-c2c(C(F)(F)F)cc(C)n(C)c2=O)c2ncccc12. The van der Waals surface area contributed by atoms with Gasteiger partial charge in [-0.2, -0.15) is 13.2 Å². The van der Waals surface area contributed by atoms with E-state index >= 15 is 0 Å². The number of aromatic nitrogens is 2. The first-order valence-corrected chi connectivity index (χ1v) is 14.6. The number of rotatable bonds is 6. The predicted molar refractivity (Wildman–Crippen MR) is 164 cm³/mol. The Kier molecular flexibility index (Phi) is 10.1. The summed E-state index contributed by atoms with van der Waals surface area (Å²) >= 11 is 0. The number of carboxylic acids is 1. The number of carbonyl (C=O) groups excluding carboxylic acids is 1. The maximum atomic E-state index is 14.5. The fraction of sp³-hybridized carbons (Fsp3) is 0.333. The minimum Gasteiger partial charge on any atom is -0.480 e. The Bertz CT molecular complexity index is 1870. The molecule has 4 aromatic rings. The van der Waals surface area contributed by atoms with Crippen molar-refractivity contribution in [3.05, 3.63) is 92.5 Å². The molecule has 2 aromatic carbocycles. The third-order valence-electron chi connectivity index (χ3n) is 7.84. The van der Waals surface area contributed by atoms with E-state index in [-0.39, 0.29) is 16.8 Å². The van der Waals surface area contributed by atoms with Gasteiger partial charge in [0.2, 0.25) is 0 Å². The number of halogens is 5. The first-order chi connectivity index (χ1) is 21.7. The van der Waals surface area contributed by atoms with E-state index in [0.717, 1.165) is 36.4 Å². The summed E-state index contributed by atoms with van der Waals surface area (Å²) in [5, 5.41) is 11.2. The van der Waals surface area contributed by atoms with Crippen LogP contribution >= 0.6 is 0 Å². The third kappa shape index (κ3) is 6.87. The number of aliphatic carboxylic acids is 1. The number of hydrogen-bond acceptors (Lipinski definition) is 5. The van der Waals surface area contributed by atoms with Crippen LogP contribution in [-0.4, -0.2) is 46.2 Å². The molecule has 244 valence electrons. The smallest absolute Gasteiger partial charge is 0.417 e. The maximum absolute atomic E-state index is 14.5. The second kappa shape index (κ2) is 13.7. The van der Waals surface area contributed by atoms with Crippen LogP contribution in [0.2, 0.25) is 0 Å². The summed E-state index contributed by atoms with van der Waals surface area (Å²) < 4.78 is 70.5. The lowest BCUT2D eigenvalue weighted by atomic mass is 9.95. The summed E-state index contributed by atoms with van der Waals surface area (Å²) in [6.45, 7) is 6.05. The summed E-state index contributed by atoms with van der Waals surface area (Å²) in [5.74, 6) is -4.19. The van der Waals surface area contributed by atoms with Crippen LogP contribution in [0.25, 0.3) is 22.0 Å². The fourth-order valence-electron chi connectivity index (χ4n) is 5.51.